The molecule has 1 aliphatic heterocycles. The van der Waals surface area contributed by atoms with E-state index in [4.69, 9.17) is 16.6 Å². The predicted molar refractivity (Wildman–Crippen MR) is 48.0 cm³/mol. The maximum atomic E-state index is 10.6. The van der Waals surface area contributed by atoms with Crippen LogP contribution in [0.4, 0.5) is 0 Å². The zero-order valence-corrected chi connectivity index (χ0v) is 7.23. The fourth-order valence-electron chi connectivity index (χ4n) is 1.40. The van der Waals surface area contributed by atoms with E-state index in [-0.39, 0.29) is 18.0 Å². The zero-order chi connectivity index (χ0) is 9.84. The number of carboxylic acids is 1. The van der Waals surface area contributed by atoms with Crippen molar-refractivity contribution in [1.82, 2.24) is 5.32 Å². The molecule has 1 aliphatic rings. The highest BCUT2D eigenvalue weighted by molar-refractivity contribution is 5.76. The van der Waals surface area contributed by atoms with Gasteiger partial charge in [0.1, 0.15) is 6.17 Å². The molecule has 6 heteroatoms. The summed E-state index contributed by atoms with van der Waals surface area (Å²) in [4.78, 5) is 14.5. The molecule has 0 aromatic heterocycles. The standard InChI is InChI=1S/C7H14N4O2/c8-7(9)11-5-3-4(6(12)13)1-2-10-5/h4-5,10H,1-3H2,(H,12,13)(H4,8,9,11). The number of guanidine groups is 1. The molecule has 1 saturated heterocycles. The first-order valence-electron chi connectivity index (χ1n) is 4.14. The highest BCUT2D eigenvalue weighted by atomic mass is 16.4. The van der Waals surface area contributed by atoms with Crippen LogP contribution in [0.25, 0.3) is 0 Å². The number of hydrogen-bond acceptors (Lipinski definition) is 3. The number of hydrogen-bond donors (Lipinski definition) is 4. The van der Waals surface area contributed by atoms with E-state index < -0.39 is 5.97 Å². The maximum absolute atomic E-state index is 10.6. The van der Waals surface area contributed by atoms with E-state index in [9.17, 15) is 4.79 Å². The predicted octanol–water partition coefficient (Wildman–Crippen LogP) is -1.33. The van der Waals surface area contributed by atoms with Gasteiger partial charge in [-0.15, -0.1) is 0 Å². The quantitative estimate of drug-likeness (QED) is 0.315. The second kappa shape index (κ2) is 4.08. The second-order valence-electron chi connectivity index (χ2n) is 3.08. The zero-order valence-electron chi connectivity index (χ0n) is 7.23. The van der Waals surface area contributed by atoms with Crippen molar-refractivity contribution >= 4 is 11.9 Å². The minimum atomic E-state index is -0.780. The Morgan fingerprint density at radius 2 is 2.23 bits per heavy atom. The van der Waals surface area contributed by atoms with Crippen LogP contribution in [0.2, 0.25) is 0 Å². The number of aliphatic imine (C=N–C) groups is 1. The van der Waals surface area contributed by atoms with E-state index in [0.717, 1.165) is 0 Å². The fraction of sp³-hybridized carbons (Fsp3) is 0.714. The molecule has 0 saturated carbocycles. The lowest BCUT2D eigenvalue weighted by molar-refractivity contribution is -0.142. The Kier molecular flexibility index (Phi) is 3.07. The fourth-order valence-corrected chi connectivity index (χ4v) is 1.40. The molecule has 1 fully saturated rings. The van der Waals surface area contributed by atoms with Gasteiger partial charge in [0, 0.05) is 0 Å². The number of aliphatic carboxylic acids is 1. The van der Waals surface area contributed by atoms with E-state index >= 15 is 0 Å². The van der Waals surface area contributed by atoms with Crippen LogP contribution in [0.15, 0.2) is 4.99 Å². The topological polar surface area (TPSA) is 114 Å². The van der Waals surface area contributed by atoms with Crippen LogP contribution in [0.3, 0.4) is 0 Å². The lowest BCUT2D eigenvalue weighted by Crippen LogP contribution is -2.41. The minimum Gasteiger partial charge on any atom is -0.481 e. The molecule has 1 heterocycles. The van der Waals surface area contributed by atoms with Crippen LogP contribution >= 0.6 is 0 Å². The molecule has 1 rings (SSSR count). The van der Waals surface area contributed by atoms with Gasteiger partial charge in [-0.05, 0) is 19.4 Å². The van der Waals surface area contributed by atoms with Crippen molar-refractivity contribution in [3.63, 3.8) is 0 Å². The lowest BCUT2D eigenvalue weighted by atomic mass is 9.96. The Balaban J connectivity index is 2.51. The summed E-state index contributed by atoms with van der Waals surface area (Å²) in [6, 6.07) is 0. The normalized spacial score (nSPS) is 28.0. The molecule has 0 aromatic carbocycles. The Morgan fingerprint density at radius 1 is 1.54 bits per heavy atom. The summed E-state index contributed by atoms with van der Waals surface area (Å²) in [5, 5.41) is 11.8. The average molecular weight is 186 g/mol. The van der Waals surface area contributed by atoms with Gasteiger partial charge in [0.05, 0.1) is 5.92 Å². The molecule has 2 atom stereocenters. The number of nitrogens with zero attached hydrogens (tertiary/aromatic N) is 1. The summed E-state index contributed by atoms with van der Waals surface area (Å²) in [5.41, 5.74) is 10.4. The third-order valence-electron chi connectivity index (χ3n) is 2.03. The molecule has 0 bridgehead atoms. The van der Waals surface area contributed by atoms with Gasteiger partial charge in [-0.3, -0.25) is 10.1 Å². The Morgan fingerprint density at radius 3 is 2.77 bits per heavy atom. The minimum absolute atomic E-state index is 0.0106. The van der Waals surface area contributed by atoms with Crippen LogP contribution in [0, 0.1) is 5.92 Å². The largest absolute Gasteiger partial charge is 0.481 e. The van der Waals surface area contributed by atoms with E-state index in [1.54, 1.807) is 0 Å². The monoisotopic (exact) mass is 186 g/mol. The highest BCUT2D eigenvalue weighted by Crippen LogP contribution is 2.16. The van der Waals surface area contributed by atoms with Crippen LogP contribution in [-0.2, 0) is 4.79 Å². The molecule has 6 nitrogen and oxygen atoms in total. The first-order chi connectivity index (χ1) is 6.09. The van der Waals surface area contributed by atoms with Crippen LogP contribution in [-0.4, -0.2) is 29.7 Å². The van der Waals surface area contributed by atoms with Crippen LogP contribution < -0.4 is 16.8 Å². The van der Waals surface area contributed by atoms with Gasteiger partial charge in [0.25, 0.3) is 0 Å². The number of carboxylic acid groups (broad SMARTS) is 1. The number of nitrogens with two attached hydrogens (primary N) is 2. The Labute approximate surface area is 76.0 Å². The third-order valence-corrected chi connectivity index (χ3v) is 2.03. The molecule has 0 aromatic rings. The maximum Gasteiger partial charge on any atom is 0.306 e. The molecular formula is C7H14N4O2. The van der Waals surface area contributed by atoms with Gasteiger partial charge in [-0.2, -0.15) is 0 Å². The summed E-state index contributed by atoms with van der Waals surface area (Å²) in [5.74, 6) is -1.13. The average Bonchev–Trinajstić information content (AvgIpc) is 2.03. The van der Waals surface area contributed by atoms with Gasteiger partial charge in [0.2, 0.25) is 0 Å². The molecule has 2 unspecified atom stereocenters. The van der Waals surface area contributed by atoms with Crippen molar-refractivity contribution < 1.29 is 9.90 Å². The molecule has 0 radical (unpaired) electrons. The smallest absolute Gasteiger partial charge is 0.306 e. The molecule has 0 spiro atoms. The number of nitrogens with one attached hydrogen (secondary N) is 1. The Hall–Kier alpha value is -1.30. The van der Waals surface area contributed by atoms with Crippen molar-refractivity contribution in [1.29, 1.82) is 0 Å². The van der Waals surface area contributed by atoms with Gasteiger partial charge in [0.15, 0.2) is 5.96 Å². The van der Waals surface area contributed by atoms with Crippen molar-refractivity contribution in [2.45, 2.75) is 19.0 Å². The van der Waals surface area contributed by atoms with E-state index in [1.807, 2.05) is 0 Å². The van der Waals surface area contributed by atoms with E-state index in [1.165, 1.54) is 0 Å². The lowest BCUT2D eigenvalue weighted by Gasteiger charge is -2.25. The van der Waals surface area contributed by atoms with E-state index in [2.05, 4.69) is 10.3 Å². The van der Waals surface area contributed by atoms with E-state index in [0.29, 0.717) is 19.4 Å². The summed E-state index contributed by atoms with van der Waals surface area (Å²) in [6.45, 7) is 0.637. The van der Waals surface area contributed by atoms with Crippen molar-refractivity contribution in [3.05, 3.63) is 0 Å². The summed E-state index contributed by atoms with van der Waals surface area (Å²) >= 11 is 0. The van der Waals surface area contributed by atoms with Crippen molar-refractivity contribution in [3.8, 4) is 0 Å². The van der Waals surface area contributed by atoms with Crippen LogP contribution in [0.5, 0.6) is 0 Å². The van der Waals surface area contributed by atoms with Crippen LogP contribution in [0.1, 0.15) is 12.8 Å². The summed E-state index contributed by atoms with van der Waals surface area (Å²) in [6.07, 6.45) is 0.832. The van der Waals surface area contributed by atoms with Crippen molar-refractivity contribution in [2.75, 3.05) is 6.54 Å². The first kappa shape index (κ1) is 9.79. The number of rotatable bonds is 2. The number of carbonyl (C=O) groups is 1. The van der Waals surface area contributed by atoms with Gasteiger partial charge >= 0.3 is 5.97 Å². The summed E-state index contributed by atoms with van der Waals surface area (Å²) < 4.78 is 0. The molecular weight excluding hydrogens is 172 g/mol. The number of piperidine rings is 1. The SMILES string of the molecule is NC(N)=NC1CC(C(=O)O)CCN1. The van der Waals surface area contributed by atoms with Crippen molar-refractivity contribution in [2.24, 2.45) is 22.4 Å². The second-order valence-corrected chi connectivity index (χ2v) is 3.08. The molecule has 74 valence electrons. The molecule has 0 amide bonds. The third kappa shape index (κ3) is 2.90. The highest BCUT2D eigenvalue weighted by Gasteiger charge is 2.26. The first-order valence-corrected chi connectivity index (χ1v) is 4.14. The van der Waals surface area contributed by atoms with Gasteiger partial charge < -0.3 is 16.6 Å². The van der Waals surface area contributed by atoms with Gasteiger partial charge in [-0.1, -0.05) is 0 Å². The molecule has 13 heavy (non-hydrogen) atoms. The molecule has 0 aliphatic carbocycles. The molecule has 6 N–H and O–H groups in total. The van der Waals surface area contributed by atoms with Gasteiger partial charge in [-0.25, -0.2) is 4.99 Å². The summed E-state index contributed by atoms with van der Waals surface area (Å²) in [7, 11) is 0. The Bertz CT molecular complexity index is 225.